The molecule has 0 saturated carbocycles. The van der Waals surface area contributed by atoms with Crippen molar-refractivity contribution in [1.29, 1.82) is 0 Å². The molecule has 4 amide bonds. The fourth-order valence-corrected chi connectivity index (χ4v) is 2.36. The normalized spacial score (nSPS) is 18.9. The summed E-state index contributed by atoms with van der Waals surface area (Å²) in [5.74, 6) is -1.01. The second-order valence-electron chi connectivity index (χ2n) is 4.25. The maximum atomic E-state index is 11.9. The Labute approximate surface area is 131 Å². The van der Waals surface area contributed by atoms with Gasteiger partial charge >= 0.3 is 35.6 Å². The van der Waals surface area contributed by atoms with Crippen LogP contribution in [0, 0.1) is 11.3 Å². The summed E-state index contributed by atoms with van der Waals surface area (Å²) in [4.78, 5) is 34.8. The van der Waals surface area contributed by atoms with Gasteiger partial charge in [-0.3, -0.25) is 20.2 Å². The minimum atomic E-state index is -1.09. The molecule has 0 aliphatic carbocycles. The van der Waals surface area contributed by atoms with Gasteiger partial charge in [0.2, 0.25) is 11.8 Å². The predicted molar refractivity (Wildman–Crippen MR) is 64.6 cm³/mol. The quantitative estimate of drug-likeness (QED) is 0.423. The smallest absolute Gasteiger partial charge is 1.00 e. The van der Waals surface area contributed by atoms with Gasteiger partial charge < -0.3 is 7.58 Å². The van der Waals surface area contributed by atoms with Crippen LogP contribution >= 0.6 is 0 Å². The van der Waals surface area contributed by atoms with E-state index in [0.717, 1.165) is 12.8 Å². The average molecular weight is 267 g/mol. The van der Waals surface area contributed by atoms with E-state index in [1.54, 1.807) is 6.92 Å². The van der Waals surface area contributed by atoms with Crippen LogP contribution in [-0.2, 0) is 9.59 Å². The van der Waals surface area contributed by atoms with Gasteiger partial charge in [-0.1, -0.05) is 27.2 Å². The van der Waals surface area contributed by atoms with Gasteiger partial charge in [0.25, 0.3) is 0 Å². The number of barbiturate groups is 1. The molecule has 0 spiro atoms. The third-order valence-electron chi connectivity index (χ3n) is 3.39. The number of rotatable bonds is 4. The van der Waals surface area contributed by atoms with Gasteiger partial charge in [0, 0.05) is 0 Å². The number of hydrogen-bond acceptors (Lipinski definition) is 4. The van der Waals surface area contributed by atoms with Crippen molar-refractivity contribution in [2.24, 2.45) is 11.3 Å². The molecule has 1 heterocycles. The average Bonchev–Trinajstić information content (AvgIpc) is 2.18. The molecule has 100 valence electrons. The van der Waals surface area contributed by atoms with E-state index in [1.165, 1.54) is 0 Å². The molecule has 6 nitrogen and oxygen atoms in total. The minimum Gasteiger partial charge on any atom is -1.00 e. The maximum absolute atomic E-state index is 11.9. The summed E-state index contributed by atoms with van der Waals surface area (Å²) in [6, 6.07) is -0.720. The Morgan fingerprint density at radius 1 is 1.17 bits per heavy atom. The van der Waals surface area contributed by atoms with E-state index in [9.17, 15) is 14.4 Å². The summed E-state index contributed by atoms with van der Waals surface area (Å²) in [5.41, 5.74) is -1.09. The Morgan fingerprint density at radius 3 is 1.94 bits per heavy atom. The molecular weight excluding hydrogens is 245 g/mol. The summed E-state index contributed by atoms with van der Waals surface area (Å²) in [6.45, 7) is 5.67. The molecule has 0 radical (unpaired) electrons. The van der Waals surface area contributed by atoms with E-state index >= 15 is 0 Å². The van der Waals surface area contributed by atoms with Gasteiger partial charge in [-0.05, 0) is 18.8 Å². The van der Waals surface area contributed by atoms with Crippen LogP contribution in [0.2, 0.25) is 0 Å². The molecule has 1 saturated heterocycles. The predicted octanol–water partition coefficient (Wildman–Crippen LogP) is -1.54. The molecule has 0 aromatic heterocycles. The SMILES string of the molecule is CCCC(C)C1(CC)C(=O)NC(=O)NC1=O.N.[H-].[Na+]. The van der Waals surface area contributed by atoms with E-state index in [-0.39, 0.29) is 43.1 Å². The monoisotopic (exact) mass is 267 g/mol. The van der Waals surface area contributed by atoms with Crippen molar-refractivity contribution in [2.75, 3.05) is 0 Å². The van der Waals surface area contributed by atoms with Crippen molar-refractivity contribution in [3.63, 3.8) is 0 Å². The maximum Gasteiger partial charge on any atom is 1.00 e. The van der Waals surface area contributed by atoms with Crippen molar-refractivity contribution >= 4 is 17.8 Å². The first kappa shape index (κ1) is 19.9. The number of carbonyl (C=O) groups excluding carboxylic acids is 3. The Bertz CT molecular complexity index is 319. The van der Waals surface area contributed by atoms with Crippen molar-refractivity contribution < 1.29 is 45.4 Å². The summed E-state index contributed by atoms with van der Waals surface area (Å²) in [5, 5.41) is 4.36. The van der Waals surface area contributed by atoms with Gasteiger partial charge in [-0.25, -0.2) is 4.79 Å². The van der Waals surface area contributed by atoms with Gasteiger partial charge in [0.15, 0.2) is 0 Å². The summed E-state index contributed by atoms with van der Waals surface area (Å²) in [6.07, 6.45) is 2.08. The minimum absolute atomic E-state index is 0. The Balaban J connectivity index is -0.000000853. The van der Waals surface area contributed by atoms with E-state index < -0.39 is 23.3 Å². The molecule has 1 aliphatic rings. The summed E-state index contributed by atoms with van der Waals surface area (Å²) >= 11 is 0. The molecule has 18 heavy (non-hydrogen) atoms. The summed E-state index contributed by atoms with van der Waals surface area (Å²) < 4.78 is 0. The zero-order valence-corrected chi connectivity index (χ0v) is 13.6. The molecule has 0 aromatic carbocycles. The van der Waals surface area contributed by atoms with Gasteiger partial charge in [0.1, 0.15) is 5.41 Å². The zero-order valence-electron chi connectivity index (χ0n) is 12.6. The third-order valence-corrected chi connectivity index (χ3v) is 3.39. The Morgan fingerprint density at radius 2 is 1.61 bits per heavy atom. The summed E-state index contributed by atoms with van der Waals surface area (Å²) in [7, 11) is 0. The van der Waals surface area contributed by atoms with Crippen LogP contribution in [-0.4, -0.2) is 17.8 Å². The number of imide groups is 2. The number of carbonyl (C=O) groups is 3. The van der Waals surface area contributed by atoms with Crippen LogP contribution in [0.3, 0.4) is 0 Å². The Hall–Kier alpha value is -0.430. The molecule has 1 fully saturated rings. The molecule has 0 aromatic rings. The van der Waals surface area contributed by atoms with Crippen LogP contribution in [0.5, 0.6) is 0 Å². The fourth-order valence-electron chi connectivity index (χ4n) is 2.36. The molecule has 5 N–H and O–H groups in total. The molecule has 1 rings (SSSR count). The molecule has 1 unspecified atom stereocenters. The van der Waals surface area contributed by atoms with Crippen molar-refractivity contribution in [2.45, 2.75) is 40.0 Å². The zero-order chi connectivity index (χ0) is 12.3. The van der Waals surface area contributed by atoms with E-state index in [2.05, 4.69) is 10.6 Å². The first-order valence-corrected chi connectivity index (χ1v) is 5.65. The van der Waals surface area contributed by atoms with Crippen LogP contribution in [0.1, 0.15) is 41.5 Å². The first-order valence-electron chi connectivity index (χ1n) is 5.65. The van der Waals surface area contributed by atoms with Gasteiger partial charge in [-0.15, -0.1) is 0 Å². The van der Waals surface area contributed by atoms with Crippen molar-refractivity contribution in [1.82, 2.24) is 16.8 Å². The van der Waals surface area contributed by atoms with E-state index in [4.69, 9.17) is 0 Å². The second-order valence-corrected chi connectivity index (χ2v) is 4.25. The molecular formula is C11H22N3NaO3. The number of amides is 4. The fraction of sp³-hybridized carbons (Fsp3) is 0.727. The number of nitrogens with one attached hydrogen (secondary N) is 2. The van der Waals surface area contributed by atoms with Crippen LogP contribution in [0.4, 0.5) is 4.79 Å². The number of hydrogen-bond donors (Lipinski definition) is 3. The molecule has 0 bridgehead atoms. The first-order chi connectivity index (χ1) is 7.48. The van der Waals surface area contributed by atoms with Gasteiger partial charge in [0.05, 0.1) is 0 Å². The van der Waals surface area contributed by atoms with Gasteiger partial charge in [-0.2, -0.15) is 0 Å². The van der Waals surface area contributed by atoms with E-state index in [0.29, 0.717) is 6.42 Å². The van der Waals surface area contributed by atoms with Crippen molar-refractivity contribution in [3.8, 4) is 0 Å². The van der Waals surface area contributed by atoms with E-state index in [1.807, 2.05) is 13.8 Å². The van der Waals surface area contributed by atoms with Crippen LogP contribution in [0.15, 0.2) is 0 Å². The Kier molecular flexibility index (Phi) is 8.72. The molecule has 7 heteroatoms. The largest absolute Gasteiger partial charge is 1.00 e. The molecule has 1 aliphatic heterocycles. The topological polar surface area (TPSA) is 110 Å². The standard InChI is InChI=1S/C11H18N2O3.H3N.Na.H/c1-4-6-7(3)11(5-2)8(14)12-10(16)13-9(11)15;;;/h7H,4-6H2,1-3H3,(H2,12,13,14,15,16);1H3;;/q;;+1;-1. The molecule has 1 atom stereocenters. The number of urea groups is 1. The second kappa shape index (κ2) is 7.89. The van der Waals surface area contributed by atoms with Crippen LogP contribution < -0.4 is 46.3 Å². The third kappa shape index (κ3) is 3.32. The van der Waals surface area contributed by atoms with Crippen molar-refractivity contribution in [3.05, 3.63) is 0 Å². The van der Waals surface area contributed by atoms with Crippen LogP contribution in [0.25, 0.3) is 0 Å².